The number of quaternary nitrogens is 1. The van der Waals surface area contributed by atoms with Gasteiger partial charge >= 0.3 is 0 Å². The molecular formula is C75H84ClF2N6O11-. The number of hydrogen-bond donors (Lipinski definition) is 4. The number of rotatable bonds is 20. The number of benzene rings is 7. The first-order valence-corrected chi connectivity index (χ1v) is 31.3. The lowest BCUT2D eigenvalue weighted by Crippen LogP contribution is -3.00. The summed E-state index contributed by atoms with van der Waals surface area (Å²) in [4.78, 5) is 92.3. The fraction of sp³-hybridized carbons (Fsp3) is 0.293. The smallest absolute Gasteiger partial charge is 0.258 e. The van der Waals surface area contributed by atoms with E-state index >= 15 is 0 Å². The summed E-state index contributed by atoms with van der Waals surface area (Å²) < 4.78 is 40.1. The molecule has 6 N–H and O–H groups in total. The molecule has 0 saturated carbocycles. The van der Waals surface area contributed by atoms with E-state index in [0.29, 0.717) is 81.5 Å². The standard InChI is InChI=1S/C33H34FN3O3.C26H24FNO3.C8H8O2.C7H14N2O2.CH4O.ClH/c1-23(2)31-30(33(39)35-27-11-7-4-8-12-27)29(24-9-5-3-6-10-24)32(25-13-15-26(34)16-14-25)37(31)18-17-28(38)36-19-21-40-22-20-36;1-17(2)24(29)23(26(31)28-21-11-7-4-8-12-21)22(18-9-5-3-6-10-18)25(30)19-13-15-20(27)16-14-19;9-8(10)6-7-4-2-1-3-5-7;8-2-1-7(10)9-3-5-11-6-4-9;1-2;/h3-16,23H,17-22H2,1-2H3,(H,35,39);3-17,22-23H,1-2H3,(H,28,31);1-5H,6H2,(H,9,10);1-6,8H2;2H,1H3;1H/p-1. The summed E-state index contributed by atoms with van der Waals surface area (Å²) in [6.07, 6.45) is 0.845. The Labute approximate surface area is 560 Å². The zero-order valence-corrected chi connectivity index (χ0v) is 55.0. The molecule has 8 aromatic rings. The molecule has 2 aliphatic rings. The minimum Gasteiger partial charge on any atom is -1.00 e. The SMILES string of the molecule is CC(C)C(=O)C(C(=O)Nc1ccccc1)C(C(=O)c1ccc(F)cc1)c1ccccc1.CC(C)c1c(C(=O)Nc2ccccc2)c(-c2ccccc2)c(-c2ccc(F)cc2)n1CCC(=O)N1CCOCC1.CO.O=C([O-])Cc1ccccc1.[Cl-].[NH3+]CCC(=O)N1CCOCC1. The highest BCUT2D eigenvalue weighted by Gasteiger charge is 2.41. The van der Waals surface area contributed by atoms with Gasteiger partial charge in [-0.25, -0.2) is 8.78 Å². The predicted octanol–water partition coefficient (Wildman–Crippen LogP) is 6.93. The quantitative estimate of drug-likeness (QED) is 0.0451. The number of carboxylic acids is 1. The zero-order valence-electron chi connectivity index (χ0n) is 54.3. The number of aliphatic hydroxyl groups excluding tert-OH is 1. The first kappa shape index (κ1) is 76.2. The highest BCUT2D eigenvalue weighted by atomic mass is 35.5. The molecule has 502 valence electrons. The van der Waals surface area contributed by atoms with Crippen LogP contribution >= 0.6 is 0 Å². The van der Waals surface area contributed by atoms with Crippen LogP contribution in [0.3, 0.4) is 0 Å². The Morgan fingerprint density at radius 1 is 0.568 bits per heavy atom. The third kappa shape index (κ3) is 22.9. The van der Waals surface area contributed by atoms with E-state index in [9.17, 15) is 47.4 Å². The van der Waals surface area contributed by atoms with E-state index in [4.69, 9.17) is 14.6 Å². The van der Waals surface area contributed by atoms with Gasteiger partial charge in [-0.2, -0.15) is 0 Å². The highest BCUT2D eigenvalue weighted by Crippen LogP contribution is 2.43. The molecule has 0 spiro atoms. The topological polar surface area (TPSA) is 244 Å². The van der Waals surface area contributed by atoms with Gasteiger partial charge in [0.05, 0.1) is 56.6 Å². The van der Waals surface area contributed by atoms with Crippen LogP contribution in [0.2, 0.25) is 0 Å². The summed E-state index contributed by atoms with van der Waals surface area (Å²) in [5.74, 6) is -5.87. The molecule has 10 rings (SSSR count). The number of carbonyl (C=O) groups is 7. The fourth-order valence-corrected chi connectivity index (χ4v) is 10.8. The number of anilines is 2. The monoisotopic (exact) mass is 1320 g/mol. The molecular weight excluding hydrogens is 1230 g/mol. The van der Waals surface area contributed by atoms with Gasteiger partial charge in [-0.3, -0.25) is 28.8 Å². The summed E-state index contributed by atoms with van der Waals surface area (Å²) in [6, 6.07) is 57.1. The Balaban J connectivity index is 0.000000260. The van der Waals surface area contributed by atoms with E-state index in [2.05, 4.69) is 34.8 Å². The molecule has 20 heteroatoms. The molecule has 95 heavy (non-hydrogen) atoms. The first-order chi connectivity index (χ1) is 45.4. The van der Waals surface area contributed by atoms with E-state index in [-0.39, 0.29) is 66.1 Å². The average molecular weight is 1320 g/mol. The van der Waals surface area contributed by atoms with Gasteiger partial charge in [0.2, 0.25) is 17.7 Å². The number of aliphatic carboxylic acids is 1. The number of aromatic nitrogens is 1. The number of ketones is 2. The maximum Gasteiger partial charge on any atom is 0.258 e. The second-order valence-electron chi connectivity index (χ2n) is 22.5. The second-order valence-corrected chi connectivity index (χ2v) is 22.5. The summed E-state index contributed by atoms with van der Waals surface area (Å²) >= 11 is 0. The van der Waals surface area contributed by atoms with Crippen LogP contribution in [0.4, 0.5) is 20.2 Å². The molecule has 17 nitrogen and oxygen atoms in total. The number of nitrogens with zero attached hydrogens (tertiary/aromatic N) is 3. The summed E-state index contributed by atoms with van der Waals surface area (Å²) in [5.41, 5.74) is 11.1. The molecule has 2 unspecified atom stereocenters. The molecule has 3 heterocycles. The van der Waals surface area contributed by atoms with Crippen molar-refractivity contribution in [1.29, 1.82) is 0 Å². The molecule has 4 amide bonds. The minimum atomic E-state index is -1.24. The Hall–Kier alpha value is -9.50. The van der Waals surface area contributed by atoms with Crippen LogP contribution in [-0.4, -0.2) is 127 Å². The van der Waals surface area contributed by atoms with Gasteiger partial charge in [0.15, 0.2) is 5.78 Å². The Morgan fingerprint density at radius 2 is 1.01 bits per heavy atom. The summed E-state index contributed by atoms with van der Waals surface area (Å²) in [6.45, 7) is 13.7. The van der Waals surface area contributed by atoms with E-state index < -0.39 is 41.2 Å². The van der Waals surface area contributed by atoms with Crippen molar-refractivity contribution in [2.75, 3.05) is 76.9 Å². The number of para-hydroxylation sites is 2. The van der Waals surface area contributed by atoms with Crippen molar-refractivity contribution in [3.8, 4) is 22.4 Å². The van der Waals surface area contributed by atoms with Gasteiger partial charge in [0.1, 0.15) is 23.3 Å². The van der Waals surface area contributed by atoms with Crippen molar-refractivity contribution in [1.82, 2.24) is 14.4 Å². The van der Waals surface area contributed by atoms with Gasteiger partial charge in [0.25, 0.3) is 5.91 Å². The van der Waals surface area contributed by atoms with Crippen LogP contribution < -0.4 is 33.9 Å². The van der Waals surface area contributed by atoms with Crippen LogP contribution in [0.5, 0.6) is 0 Å². The lowest BCUT2D eigenvalue weighted by atomic mass is 9.75. The predicted molar refractivity (Wildman–Crippen MR) is 357 cm³/mol. The normalized spacial score (nSPS) is 13.0. The average Bonchev–Trinajstić information content (AvgIpc) is 1.60. The molecule has 0 radical (unpaired) electrons. The summed E-state index contributed by atoms with van der Waals surface area (Å²) in [7, 11) is 1.00. The maximum absolute atomic E-state index is 14.1. The molecule has 0 bridgehead atoms. The number of carbonyl (C=O) groups excluding carboxylic acids is 7. The zero-order chi connectivity index (χ0) is 67.9. The number of hydrogen-bond acceptors (Lipinski definition) is 11. The Bertz CT molecular complexity index is 3670. The number of halogens is 3. The third-order valence-corrected chi connectivity index (χ3v) is 15.3. The molecule has 1 aromatic heterocycles. The van der Waals surface area contributed by atoms with Crippen molar-refractivity contribution in [2.45, 2.75) is 65.3 Å². The Morgan fingerprint density at radius 3 is 1.47 bits per heavy atom. The van der Waals surface area contributed by atoms with E-state index in [1.807, 2.05) is 82.6 Å². The third-order valence-electron chi connectivity index (χ3n) is 15.3. The maximum atomic E-state index is 14.1. The molecule has 2 aliphatic heterocycles. The molecule has 2 atom stereocenters. The van der Waals surface area contributed by atoms with Crippen LogP contribution in [0, 0.1) is 23.5 Å². The van der Waals surface area contributed by atoms with Crippen LogP contribution in [0.1, 0.15) is 89.9 Å². The molecule has 2 saturated heterocycles. The van der Waals surface area contributed by atoms with Gasteiger partial charge < -0.3 is 67.6 Å². The number of amides is 4. The van der Waals surface area contributed by atoms with Crippen molar-refractivity contribution < 1.29 is 80.2 Å². The first-order valence-electron chi connectivity index (χ1n) is 31.3. The largest absolute Gasteiger partial charge is 1.00 e. The number of Topliss-reactive ketones (excluding diaryl/α,β-unsaturated/α-hetero) is 2. The van der Waals surface area contributed by atoms with Crippen LogP contribution in [-0.2, 0) is 46.4 Å². The van der Waals surface area contributed by atoms with Gasteiger partial charge in [-0.15, -0.1) is 0 Å². The van der Waals surface area contributed by atoms with Gasteiger partial charge in [-0.05, 0) is 101 Å². The minimum absolute atomic E-state index is 0. The highest BCUT2D eigenvalue weighted by molar-refractivity contribution is 6.15. The molecule has 7 aromatic carbocycles. The molecule has 2 fully saturated rings. The van der Waals surface area contributed by atoms with Crippen molar-refractivity contribution in [2.24, 2.45) is 11.8 Å². The van der Waals surface area contributed by atoms with E-state index in [1.54, 1.807) is 105 Å². The number of morpholine rings is 2. The number of ether oxygens (including phenoxy) is 2. The van der Waals surface area contributed by atoms with Crippen molar-refractivity contribution in [3.63, 3.8) is 0 Å². The number of nitrogens with one attached hydrogen (secondary N) is 2. The van der Waals surface area contributed by atoms with Crippen LogP contribution in [0.15, 0.2) is 200 Å². The Kier molecular flexibility index (Phi) is 32.0. The number of aliphatic hydroxyl groups is 1. The second kappa shape index (κ2) is 39.9. The van der Waals surface area contributed by atoms with Gasteiger partial charge in [-0.1, -0.05) is 155 Å². The van der Waals surface area contributed by atoms with E-state index in [1.165, 1.54) is 36.4 Å². The fourth-order valence-electron chi connectivity index (χ4n) is 10.8. The van der Waals surface area contributed by atoms with Crippen molar-refractivity contribution >= 4 is 52.5 Å². The van der Waals surface area contributed by atoms with Crippen molar-refractivity contribution in [3.05, 3.63) is 240 Å². The van der Waals surface area contributed by atoms with E-state index in [0.717, 1.165) is 53.8 Å². The van der Waals surface area contributed by atoms with Gasteiger partial charge in [0, 0.05) is 92.8 Å². The lowest BCUT2D eigenvalue weighted by Gasteiger charge is -2.27. The molecule has 0 aliphatic carbocycles. The number of carboxylic acid groups (broad SMARTS) is 1. The van der Waals surface area contributed by atoms with Crippen LogP contribution in [0.25, 0.3) is 22.4 Å². The lowest BCUT2D eigenvalue weighted by molar-refractivity contribution is -0.366. The summed E-state index contributed by atoms with van der Waals surface area (Å²) in [5, 5.41) is 22.9.